The van der Waals surface area contributed by atoms with Gasteiger partial charge in [0.15, 0.2) is 0 Å². The summed E-state index contributed by atoms with van der Waals surface area (Å²) in [5, 5.41) is 0. The van der Waals surface area contributed by atoms with Crippen LogP contribution in [0.5, 0.6) is 0 Å². The van der Waals surface area contributed by atoms with E-state index in [2.05, 4.69) is 13.8 Å². The van der Waals surface area contributed by atoms with Crippen LogP contribution < -0.4 is 0 Å². The van der Waals surface area contributed by atoms with Crippen LogP contribution in [-0.2, 0) is 9.53 Å². The molecule has 0 aromatic carbocycles. The Labute approximate surface area is 180 Å². The fourth-order valence-corrected chi connectivity index (χ4v) is 6.97. The van der Waals surface area contributed by atoms with E-state index >= 15 is 0 Å². The maximum Gasteiger partial charge on any atom is 0.308 e. The van der Waals surface area contributed by atoms with Crippen LogP contribution in [0.25, 0.3) is 0 Å². The minimum Gasteiger partial charge on any atom is -0.465 e. The number of hydrogen-bond acceptors (Lipinski definition) is 2. The van der Waals surface area contributed by atoms with Crippen LogP contribution in [0.4, 0.5) is 0 Å². The van der Waals surface area contributed by atoms with Crippen molar-refractivity contribution in [1.82, 2.24) is 0 Å². The second kappa shape index (κ2) is 11.2. The summed E-state index contributed by atoms with van der Waals surface area (Å²) < 4.78 is 5.56. The fourth-order valence-electron chi connectivity index (χ4n) is 6.97. The van der Waals surface area contributed by atoms with E-state index in [1.807, 2.05) is 0 Å². The molecule has 4 saturated carbocycles. The summed E-state index contributed by atoms with van der Waals surface area (Å²) >= 11 is 0. The van der Waals surface area contributed by atoms with Gasteiger partial charge < -0.3 is 4.74 Å². The van der Waals surface area contributed by atoms with Crippen LogP contribution >= 0.6 is 0 Å². The van der Waals surface area contributed by atoms with Crippen molar-refractivity contribution in [3.63, 3.8) is 0 Å². The van der Waals surface area contributed by atoms with Crippen molar-refractivity contribution in [3.05, 3.63) is 0 Å². The molecule has 4 aliphatic carbocycles. The zero-order valence-electron chi connectivity index (χ0n) is 19.6. The smallest absolute Gasteiger partial charge is 0.308 e. The predicted octanol–water partition coefficient (Wildman–Crippen LogP) is 8.23. The van der Waals surface area contributed by atoms with Gasteiger partial charge >= 0.3 is 5.97 Å². The number of hydrogen-bond donors (Lipinski definition) is 0. The van der Waals surface area contributed by atoms with Gasteiger partial charge in [-0.05, 0) is 93.8 Å². The lowest BCUT2D eigenvalue weighted by Crippen LogP contribution is -2.46. The molecule has 2 nitrogen and oxygen atoms in total. The largest absolute Gasteiger partial charge is 0.465 e. The molecule has 168 valence electrons. The molecule has 0 saturated heterocycles. The normalized spacial score (nSPS) is 34.3. The molecule has 2 heteroatoms. The van der Waals surface area contributed by atoms with Gasteiger partial charge in [0.05, 0.1) is 12.5 Å². The van der Waals surface area contributed by atoms with Crippen molar-refractivity contribution in [2.75, 3.05) is 6.61 Å². The Morgan fingerprint density at radius 2 is 1.34 bits per heavy atom. The van der Waals surface area contributed by atoms with Gasteiger partial charge in [0, 0.05) is 0 Å². The van der Waals surface area contributed by atoms with Crippen molar-refractivity contribution in [2.24, 2.45) is 22.7 Å². The van der Waals surface area contributed by atoms with Gasteiger partial charge in [-0.15, -0.1) is 0 Å². The summed E-state index contributed by atoms with van der Waals surface area (Å²) in [6.45, 7) is 5.14. The van der Waals surface area contributed by atoms with Crippen LogP contribution in [0, 0.1) is 22.7 Å². The number of carbonyl (C=O) groups is 1. The Bertz CT molecular complexity index is 464. The van der Waals surface area contributed by atoms with Gasteiger partial charge in [-0.1, -0.05) is 58.8 Å². The zero-order valence-corrected chi connectivity index (χ0v) is 19.6. The van der Waals surface area contributed by atoms with Gasteiger partial charge in [0.25, 0.3) is 0 Å². The van der Waals surface area contributed by atoms with Gasteiger partial charge in [0.2, 0.25) is 0 Å². The van der Waals surface area contributed by atoms with E-state index in [-0.39, 0.29) is 11.9 Å². The number of carbonyl (C=O) groups excluding carboxylic acids is 1. The van der Waals surface area contributed by atoms with E-state index in [0.29, 0.717) is 17.4 Å². The molecule has 0 unspecified atom stereocenters. The Kier molecular flexibility index (Phi) is 8.93. The van der Waals surface area contributed by atoms with Crippen molar-refractivity contribution in [3.8, 4) is 0 Å². The molecule has 0 N–H and O–H groups in total. The average Bonchev–Trinajstić information content (AvgIpc) is 2.78. The Morgan fingerprint density at radius 1 is 0.759 bits per heavy atom. The SMILES string of the molecule is CCCCCCCC12CCC([C@H]3CC[C@H](C(=O)OCCCCC)CC3)(CC1)CC2. The van der Waals surface area contributed by atoms with E-state index in [9.17, 15) is 4.79 Å². The fraction of sp³-hybridized carbons (Fsp3) is 0.963. The third kappa shape index (κ3) is 6.01. The number of rotatable bonds is 12. The highest BCUT2D eigenvalue weighted by Crippen LogP contribution is 2.63. The molecular weight excluding hydrogens is 356 g/mol. The number of esters is 1. The maximum atomic E-state index is 12.4. The van der Waals surface area contributed by atoms with Gasteiger partial charge in [-0.3, -0.25) is 4.79 Å². The Balaban J connectivity index is 1.38. The first kappa shape index (κ1) is 23.1. The molecule has 0 aromatic rings. The highest BCUT2D eigenvalue weighted by atomic mass is 16.5. The quantitative estimate of drug-likeness (QED) is 0.242. The van der Waals surface area contributed by atoms with Crippen LogP contribution in [-0.4, -0.2) is 12.6 Å². The van der Waals surface area contributed by atoms with E-state index in [0.717, 1.165) is 25.2 Å². The molecule has 4 aliphatic rings. The van der Waals surface area contributed by atoms with E-state index in [1.165, 1.54) is 103 Å². The summed E-state index contributed by atoms with van der Waals surface area (Å²) in [6.07, 6.45) is 25.7. The van der Waals surface area contributed by atoms with Crippen molar-refractivity contribution >= 4 is 5.97 Å². The highest BCUT2D eigenvalue weighted by Gasteiger charge is 2.51. The van der Waals surface area contributed by atoms with E-state index in [4.69, 9.17) is 4.74 Å². The van der Waals surface area contributed by atoms with Crippen LogP contribution in [0.3, 0.4) is 0 Å². The van der Waals surface area contributed by atoms with Crippen LogP contribution in [0.1, 0.15) is 136 Å². The van der Waals surface area contributed by atoms with Crippen LogP contribution in [0.15, 0.2) is 0 Å². The lowest BCUT2D eigenvalue weighted by Gasteiger charge is -2.58. The van der Waals surface area contributed by atoms with E-state index in [1.54, 1.807) is 0 Å². The summed E-state index contributed by atoms with van der Waals surface area (Å²) in [5.41, 5.74) is 1.35. The van der Waals surface area contributed by atoms with E-state index < -0.39 is 0 Å². The third-order valence-corrected chi connectivity index (χ3v) is 9.19. The van der Waals surface area contributed by atoms with Crippen molar-refractivity contribution < 1.29 is 9.53 Å². The molecule has 0 atom stereocenters. The Hall–Kier alpha value is -0.530. The summed E-state index contributed by atoms with van der Waals surface area (Å²) in [6, 6.07) is 0. The number of fused-ring (bicyclic) bond motifs is 3. The summed E-state index contributed by atoms with van der Waals surface area (Å²) in [7, 11) is 0. The molecule has 0 aromatic heterocycles. The first-order valence-electron chi connectivity index (χ1n) is 13.3. The Morgan fingerprint density at radius 3 is 1.97 bits per heavy atom. The molecule has 0 amide bonds. The average molecular weight is 405 g/mol. The molecule has 4 fully saturated rings. The second-order valence-electron chi connectivity index (χ2n) is 10.9. The monoisotopic (exact) mass is 404 g/mol. The third-order valence-electron chi connectivity index (χ3n) is 9.19. The second-order valence-corrected chi connectivity index (χ2v) is 10.9. The molecule has 2 bridgehead atoms. The molecular formula is C27H48O2. The molecule has 4 rings (SSSR count). The zero-order chi connectivity index (χ0) is 20.6. The standard InChI is InChI=1S/C27H48O2/c1-3-5-7-8-9-15-26-16-19-27(20-17-26,21-18-26)24-13-11-23(12-14-24)25(28)29-22-10-6-4-2/h23-24H,3-22H2,1-2H3/t23-,24-,26?,27?. The van der Waals surface area contributed by atoms with Crippen LogP contribution in [0.2, 0.25) is 0 Å². The molecule has 0 spiro atoms. The highest BCUT2D eigenvalue weighted by molar-refractivity contribution is 5.72. The minimum atomic E-state index is 0.103. The first-order valence-corrected chi connectivity index (χ1v) is 13.3. The topological polar surface area (TPSA) is 26.3 Å². The first-order chi connectivity index (χ1) is 14.1. The minimum absolute atomic E-state index is 0.103. The van der Waals surface area contributed by atoms with Gasteiger partial charge in [-0.25, -0.2) is 0 Å². The number of unbranched alkanes of at least 4 members (excludes halogenated alkanes) is 6. The van der Waals surface area contributed by atoms with Crippen molar-refractivity contribution in [2.45, 2.75) is 136 Å². The van der Waals surface area contributed by atoms with Gasteiger partial charge in [0.1, 0.15) is 0 Å². The van der Waals surface area contributed by atoms with Gasteiger partial charge in [-0.2, -0.15) is 0 Å². The number of ether oxygens (including phenoxy) is 1. The van der Waals surface area contributed by atoms with Crippen molar-refractivity contribution in [1.29, 1.82) is 0 Å². The summed E-state index contributed by atoms with van der Waals surface area (Å²) in [5.74, 6) is 1.18. The molecule has 0 aliphatic heterocycles. The molecule has 0 heterocycles. The molecule has 29 heavy (non-hydrogen) atoms. The molecule has 0 radical (unpaired) electrons. The summed E-state index contributed by atoms with van der Waals surface area (Å²) in [4.78, 5) is 12.4. The lowest BCUT2D eigenvalue weighted by molar-refractivity contribution is -0.151. The maximum absolute atomic E-state index is 12.4. The lowest BCUT2D eigenvalue weighted by atomic mass is 9.47. The predicted molar refractivity (Wildman–Crippen MR) is 122 cm³/mol.